The minimum atomic E-state index is -0.165. The van der Waals surface area contributed by atoms with Crippen LogP contribution in [0.1, 0.15) is 15.9 Å². The average Bonchev–Trinajstić information content (AvgIpc) is 2.61. The van der Waals surface area contributed by atoms with E-state index in [0.29, 0.717) is 12.1 Å². The number of pyridine rings is 3. The minimum absolute atomic E-state index is 0.165. The van der Waals surface area contributed by atoms with Gasteiger partial charge in [0.15, 0.2) is 0 Å². The van der Waals surface area contributed by atoms with Crippen molar-refractivity contribution in [1.82, 2.24) is 20.3 Å². The lowest BCUT2D eigenvalue weighted by atomic mass is 10.1. The van der Waals surface area contributed by atoms with Gasteiger partial charge < -0.3 is 5.32 Å². The summed E-state index contributed by atoms with van der Waals surface area (Å²) in [5, 5.41) is 2.86. The summed E-state index contributed by atoms with van der Waals surface area (Å²) in [6.45, 7) is 0.434. The topological polar surface area (TPSA) is 67.8 Å². The molecule has 3 aromatic heterocycles. The normalized spacial score (nSPS) is 10.2. The SMILES string of the molecule is O=C(NCc1cccnc1)c1cncc(-c2cccnc2)c1. The predicted molar refractivity (Wildman–Crippen MR) is 82.9 cm³/mol. The highest BCUT2D eigenvalue weighted by Crippen LogP contribution is 2.17. The third kappa shape index (κ3) is 3.32. The van der Waals surface area contributed by atoms with Crippen molar-refractivity contribution in [3.63, 3.8) is 0 Å². The molecule has 0 atom stereocenters. The zero-order chi connectivity index (χ0) is 15.2. The lowest BCUT2D eigenvalue weighted by molar-refractivity contribution is 0.0950. The van der Waals surface area contributed by atoms with Gasteiger partial charge in [-0.3, -0.25) is 19.7 Å². The number of carbonyl (C=O) groups is 1. The molecular formula is C17H14N4O. The average molecular weight is 290 g/mol. The van der Waals surface area contributed by atoms with Crippen LogP contribution in [0.2, 0.25) is 0 Å². The van der Waals surface area contributed by atoms with Crippen LogP contribution in [0.3, 0.4) is 0 Å². The maximum Gasteiger partial charge on any atom is 0.253 e. The van der Waals surface area contributed by atoms with Crippen molar-refractivity contribution in [3.8, 4) is 11.1 Å². The number of hydrogen-bond acceptors (Lipinski definition) is 4. The van der Waals surface area contributed by atoms with Crippen LogP contribution >= 0.6 is 0 Å². The molecule has 0 aliphatic carbocycles. The molecule has 3 rings (SSSR count). The smallest absolute Gasteiger partial charge is 0.253 e. The first-order valence-corrected chi connectivity index (χ1v) is 6.85. The molecule has 108 valence electrons. The molecule has 0 fully saturated rings. The minimum Gasteiger partial charge on any atom is -0.348 e. The van der Waals surface area contributed by atoms with E-state index in [1.165, 1.54) is 0 Å². The predicted octanol–water partition coefficient (Wildman–Crippen LogP) is 2.47. The van der Waals surface area contributed by atoms with Gasteiger partial charge in [-0.2, -0.15) is 0 Å². The number of nitrogens with zero attached hydrogens (tertiary/aromatic N) is 3. The first kappa shape index (κ1) is 13.9. The van der Waals surface area contributed by atoms with Crippen LogP contribution in [-0.2, 0) is 6.54 Å². The third-order valence-corrected chi connectivity index (χ3v) is 3.17. The highest BCUT2D eigenvalue weighted by molar-refractivity contribution is 5.94. The fourth-order valence-corrected chi connectivity index (χ4v) is 2.04. The maximum atomic E-state index is 12.2. The Morgan fingerprint density at radius 1 is 0.909 bits per heavy atom. The van der Waals surface area contributed by atoms with Crippen molar-refractivity contribution in [3.05, 3.63) is 78.6 Å². The summed E-state index contributed by atoms with van der Waals surface area (Å²) in [5.74, 6) is -0.165. The van der Waals surface area contributed by atoms with Gasteiger partial charge >= 0.3 is 0 Å². The molecule has 5 nitrogen and oxygen atoms in total. The summed E-state index contributed by atoms with van der Waals surface area (Å²) in [5.41, 5.74) is 3.26. The van der Waals surface area contributed by atoms with Gasteiger partial charge in [0.2, 0.25) is 0 Å². The molecule has 0 radical (unpaired) electrons. The van der Waals surface area contributed by atoms with E-state index in [1.54, 1.807) is 37.2 Å². The van der Waals surface area contributed by atoms with E-state index in [9.17, 15) is 4.79 Å². The van der Waals surface area contributed by atoms with Crippen molar-refractivity contribution in [2.45, 2.75) is 6.54 Å². The van der Waals surface area contributed by atoms with Gasteiger partial charge in [0.05, 0.1) is 5.56 Å². The second-order valence-electron chi connectivity index (χ2n) is 4.75. The number of hydrogen-bond donors (Lipinski definition) is 1. The van der Waals surface area contributed by atoms with Crippen LogP contribution in [0, 0.1) is 0 Å². The Balaban J connectivity index is 1.73. The largest absolute Gasteiger partial charge is 0.348 e. The number of amides is 1. The van der Waals surface area contributed by atoms with Crippen molar-refractivity contribution in [1.29, 1.82) is 0 Å². The first-order chi connectivity index (χ1) is 10.8. The van der Waals surface area contributed by atoms with E-state index < -0.39 is 0 Å². The summed E-state index contributed by atoms with van der Waals surface area (Å²) >= 11 is 0. The van der Waals surface area contributed by atoms with Crippen molar-refractivity contribution < 1.29 is 4.79 Å². The second kappa shape index (κ2) is 6.58. The Hall–Kier alpha value is -3.08. The van der Waals surface area contributed by atoms with E-state index in [2.05, 4.69) is 20.3 Å². The Morgan fingerprint density at radius 3 is 2.41 bits per heavy atom. The Morgan fingerprint density at radius 2 is 1.68 bits per heavy atom. The van der Waals surface area contributed by atoms with Gasteiger partial charge in [-0.05, 0) is 23.8 Å². The van der Waals surface area contributed by atoms with Gasteiger partial charge in [0.1, 0.15) is 0 Å². The third-order valence-electron chi connectivity index (χ3n) is 3.17. The Kier molecular flexibility index (Phi) is 4.15. The molecule has 0 aliphatic heterocycles. The molecule has 3 heterocycles. The molecule has 0 aromatic carbocycles. The second-order valence-corrected chi connectivity index (χ2v) is 4.75. The molecule has 1 N–H and O–H groups in total. The van der Waals surface area contributed by atoms with E-state index in [-0.39, 0.29) is 5.91 Å². The number of nitrogens with one attached hydrogen (secondary N) is 1. The molecule has 5 heteroatoms. The zero-order valence-electron chi connectivity index (χ0n) is 11.8. The molecule has 22 heavy (non-hydrogen) atoms. The lowest BCUT2D eigenvalue weighted by Gasteiger charge is -2.06. The van der Waals surface area contributed by atoms with Crippen molar-refractivity contribution in [2.24, 2.45) is 0 Å². The maximum absolute atomic E-state index is 12.2. The monoisotopic (exact) mass is 290 g/mol. The van der Waals surface area contributed by atoms with Crippen LogP contribution in [0.15, 0.2) is 67.5 Å². The number of rotatable bonds is 4. The molecule has 0 unspecified atom stereocenters. The standard InChI is InChI=1S/C17H14N4O/c22-17(21-9-13-3-1-5-18-8-13)16-7-15(11-20-12-16)14-4-2-6-19-10-14/h1-8,10-12H,9H2,(H,21,22). The van der Waals surface area contributed by atoms with Gasteiger partial charge in [-0.25, -0.2) is 0 Å². The van der Waals surface area contributed by atoms with Crippen molar-refractivity contribution >= 4 is 5.91 Å². The van der Waals surface area contributed by atoms with Gasteiger partial charge in [-0.1, -0.05) is 12.1 Å². The highest BCUT2D eigenvalue weighted by atomic mass is 16.1. The van der Waals surface area contributed by atoms with E-state index in [1.807, 2.05) is 30.3 Å². The summed E-state index contributed by atoms with van der Waals surface area (Å²) < 4.78 is 0. The van der Waals surface area contributed by atoms with Crippen LogP contribution in [0.4, 0.5) is 0 Å². The fourth-order valence-electron chi connectivity index (χ4n) is 2.04. The molecular weight excluding hydrogens is 276 g/mol. The molecule has 3 aromatic rings. The van der Waals surface area contributed by atoms with E-state index in [0.717, 1.165) is 16.7 Å². The Bertz CT molecular complexity index is 760. The van der Waals surface area contributed by atoms with Gasteiger partial charge in [-0.15, -0.1) is 0 Å². The summed E-state index contributed by atoms with van der Waals surface area (Å²) in [4.78, 5) is 24.4. The van der Waals surface area contributed by atoms with Crippen LogP contribution < -0.4 is 5.32 Å². The van der Waals surface area contributed by atoms with Crippen LogP contribution in [0.25, 0.3) is 11.1 Å². The zero-order valence-corrected chi connectivity index (χ0v) is 11.8. The molecule has 0 saturated carbocycles. The van der Waals surface area contributed by atoms with Gasteiger partial charge in [0, 0.05) is 54.9 Å². The summed E-state index contributed by atoms with van der Waals surface area (Å²) in [6, 6.07) is 9.35. The molecule has 0 spiro atoms. The Labute approximate surface area is 128 Å². The molecule has 0 bridgehead atoms. The van der Waals surface area contributed by atoms with Crippen LogP contribution in [0.5, 0.6) is 0 Å². The van der Waals surface area contributed by atoms with Crippen molar-refractivity contribution in [2.75, 3.05) is 0 Å². The number of carbonyl (C=O) groups excluding carboxylic acids is 1. The van der Waals surface area contributed by atoms with E-state index >= 15 is 0 Å². The number of aromatic nitrogens is 3. The molecule has 1 amide bonds. The summed E-state index contributed by atoms with van der Waals surface area (Å²) in [6.07, 6.45) is 10.2. The van der Waals surface area contributed by atoms with Gasteiger partial charge in [0.25, 0.3) is 5.91 Å². The molecule has 0 aliphatic rings. The van der Waals surface area contributed by atoms with E-state index in [4.69, 9.17) is 0 Å². The molecule has 0 saturated heterocycles. The fraction of sp³-hybridized carbons (Fsp3) is 0.0588. The first-order valence-electron chi connectivity index (χ1n) is 6.85. The summed E-state index contributed by atoms with van der Waals surface area (Å²) in [7, 11) is 0. The lowest BCUT2D eigenvalue weighted by Crippen LogP contribution is -2.23. The van der Waals surface area contributed by atoms with Crippen LogP contribution in [-0.4, -0.2) is 20.9 Å². The quantitative estimate of drug-likeness (QED) is 0.801. The highest BCUT2D eigenvalue weighted by Gasteiger charge is 2.08.